The third-order valence-corrected chi connectivity index (χ3v) is 6.53. The van der Waals surface area contributed by atoms with Gasteiger partial charge in [0.25, 0.3) is 0 Å². The highest BCUT2D eigenvalue weighted by atomic mass is 79.9. The fourth-order valence-electron chi connectivity index (χ4n) is 3.23. The minimum atomic E-state index is -4.45. The van der Waals surface area contributed by atoms with Crippen molar-refractivity contribution >= 4 is 28.5 Å². The van der Waals surface area contributed by atoms with Crippen LogP contribution in [0, 0.1) is 0 Å². The quantitative estimate of drug-likeness (QED) is 0.560. The Balaban J connectivity index is 1.97. The van der Waals surface area contributed by atoms with Gasteiger partial charge in [0.05, 0.1) is 11.2 Å². The Hall–Kier alpha value is -1.31. The molecule has 0 aromatic heterocycles. The van der Waals surface area contributed by atoms with Crippen LogP contribution >= 0.6 is 15.9 Å². The van der Waals surface area contributed by atoms with Gasteiger partial charge < -0.3 is 9.31 Å². The molecule has 1 heterocycles. The maximum Gasteiger partial charge on any atom is 0.494 e. The Bertz CT molecular complexity index is 831. The second-order valence-corrected chi connectivity index (χ2v) is 9.26. The molecular formula is C21H23BBrF3O2. The van der Waals surface area contributed by atoms with Crippen molar-refractivity contribution in [3.05, 3.63) is 64.1 Å². The van der Waals surface area contributed by atoms with Gasteiger partial charge in [-0.15, -0.1) is 0 Å². The third-order valence-electron chi connectivity index (χ3n) is 6.00. The van der Waals surface area contributed by atoms with E-state index >= 15 is 0 Å². The molecule has 2 aromatic carbocycles. The fourth-order valence-corrected chi connectivity index (χ4v) is 3.49. The van der Waals surface area contributed by atoms with E-state index in [0.717, 1.165) is 4.47 Å². The summed E-state index contributed by atoms with van der Waals surface area (Å²) in [7, 11) is -0.608. The lowest BCUT2D eigenvalue weighted by Gasteiger charge is -2.33. The number of halogens is 4. The molecule has 0 saturated carbocycles. The van der Waals surface area contributed by atoms with Crippen molar-refractivity contribution < 1.29 is 22.5 Å². The van der Waals surface area contributed by atoms with Crippen molar-refractivity contribution in [3.63, 3.8) is 0 Å². The average molecular weight is 455 g/mol. The van der Waals surface area contributed by atoms with Crippen LogP contribution in [0.5, 0.6) is 0 Å². The highest BCUT2D eigenvalue weighted by molar-refractivity contribution is 9.10. The maximum absolute atomic E-state index is 14.1. The van der Waals surface area contributed by atoms with Crippen LogP contribution in [0.25, 0.3) is 0 Å². The van der Waals surface area contributed by atoms with E-state index in [2.05, 4.69) is 15.9 Å². The van der Waals surface area contributed by atoms with Crippen LogP contribution in [-0.4, -0.2) is 24.5 Å². The summed E-state index contributed by atoms with van der Waals surface area (Å²) in [4.78, 5) is 0. The first-order chi connectivity index (χ1) is 12.8. The molecule has 28 heavy (non-hydrogen) atoms. The number of benzene rings is 2. The summed E-state index contributed by atoms with van der Waals surface area (Å²) < 4.78 is 55.1. The Morgan fingerprint density at radius 3 is 1.57 bits per heavy atom. The van der Waals surface area contributed by atoms with E-state index in [1.807, 2.05) is 27.7 Å². The summed E-state index contributed by atoms with van der Waals surface area (Å²) in [6, 6.07) is 12.6. The van der Waals surface area contributed by atoms with E-state index in [1.165, 1.54) is 31.2 Å². The zero-order valence-corrected chi connectivity index (χ0v) is 18.1. The topological polar surface area (TPSA) is 18.5 Å². The minimum Gasteiger partial charge on any atom is -0.399 e. The second-order valence-electron chi connectivity index (χ2n) is 8.34. The molecule has 0 spiro atoms. The standard InChI is InChI=1S/C21H23BBrF3O2/c1-18(2)19(3,4)28-22(27-18)16-10-6-14(7-11-16)20(5,21(24,25)26)15-8-12-17(23)13-9-15/h6-13H,1-5H3. The number of hydrogen-bond acceptors (Lipinski definition) is 2. The number of alkyl halides is 3. The van der Waals surface area contributed by atoms with E-state index in [9.17, 15) is 13.2 Å². The molecule has 0 bridgehead atoms. The van der Waals surface area contributed by atoms with Crippen LogP contribution in [0.4, 0.5) is 13.2 Å². The van der Waals surface area contributed by atoms with Gasteiger partial charge in [-0.2, -0.15) is 13.2 Å². The normalized spacial score (nSPS) is 20.8. The van der Waals surface area contributed by atoms with Gasteiger partial charge >= 0.3 is 13.3 Å². The molecule has 1 saturated heterocycles. The predicted octanol–water partition coefficient (Wildman–Crippen LogP) is 5.62. The van der Waals surface area contributed by atoms with Gasteiger partial charge in [0, 0.05) is 4.47 Å². The van der Waals surface area contributed by atoms with Crippen LogP contribution in [0.1, 0.15) is 45.7 Å². The molecule has 1 aliphatic rings. The van der Waals surface area contributed by atoms with Crippen molar-refractivity contribution in [2.45, 2.75) is 57.4 Å². The van der Waals surface area contributed by atoms with Crippen molar-refractivity contribution in [1.82, 2.24) is 0 Å². The van der Waals surface area contributed by atoms with Crippen molar-refractivity contribution in [2.75, 3.05) is 0 Å². The van der Waals surface area contributed by atoms with Crippen molar-refractivity contribution in [3.8, 4) is 0 Å². The minimum absolute atomic E-state index is 0.169. The van der Waals surface area contributed by atoms with Crippen LogP contribution in [-0.2, 0) is 14.7 Å². The molecule has 1 fully saturated rings. The highest BCUT2D eigenvalue weighted by Crippen LogP contribution is 2.46. The van der Waals surface area contributed by atoms with Gasteiger partial charge in [-0.05, 0) is 63.3 Å². The highest BCUT2D eigenvalue weighted by Gasteiger charge is 2.54. The zero-order chi connectivity index (χ0) is 21.0. The fraction of sp³-hybridized carbons (Fsp3) is 0.429. The van der Waals surface area contributed by atoms with Gasteiger partial charge in [0.15, 0.2) is 0 Å². The third kappa shape index (κ3) is 3.53. The monoisotopic (exact) mass is 454 g/mol. The lowest BCUT2D eigenvalue weighted by Crippen LogP contribution is -2.41. The van der Waals surface area contributed by atoms with E-state index in [0.29, 0.717) is 5.46 Å². The van der Waals surface area contributed by atoms with Crippen LogP contribution in [0.3, 0.4) is 0 Å². The smallest absolute Gasteiger partial charge is 0.399 e. The summed E-state index contributed by atoms with van der Waals surface area (Å²) >= 11 is 3.28. The predicted molar refractivity (Wildman–Crippen MR) is 109 cm³/mol. The molecule has 1 unspecified atom stereocenters. The summed E-state index contributed by atoms with van der Waals surface area (Å²) in [5, 5.41) is 0. The van der Waals surface area contributed by atoms with Crippen LogP contribution in [0.2, 0.25) is 0 Å². The second kappa shape index (κ2) is 6.89. The SMILES string of the molecule is CC1(C)OB(c2ccc(C(C)(c3ccc(Br)cc3)C(F)(F)F)cc2)OC1(C)C. The molecule has 7 heteroatoms. The van der Waals surface area contributed by atoms with E-state index < -0.39 is 29.9 Å². The van der Waals surface area contributed by atoms with Gasteiger partial charge in [-0.25, -0.2) is 0 Å². The van der Waals surface area contributed by atoms with Crippen LogP contribution in [0.15, 0.2) is 53.0 Å². The molecule has 150 valence electrons. The molecule has 0 amide bonds. The largest absolute Gasteiger partial charge is 0.494 e. The molecule has 3 rings (SSSR count). The zero-order valence-electron chi connectivity index (χ0n) is 16.5. The Morgan fingerprint density at radius 1 is 0.786 bits per heavy atom. The summed E-state index contributed by atoms with van der Waals surface area (Å²) in [5.74, 6) is 0. The summed E-state index contributed by atoms with van der Waals surface area (Å²) in [6.45, 7) is 8.97. The van der Waals surface area contributed by atoms with Gasteiger partial charge in [0.1, 0.15) is 5.41 Å². The van der Waals surface area contributed by atoms with E-state index in [4.69, 9.17) is 9.31 Å². The van der Waals surface area contributed by atoms with Crippen LogP contribution < -0.4 is 5.46 Å². The molecular weight excluding hydrogens is 432 g/mol. The summed E-state index contributed by atoms with van der Waals surface area (Å²) in [5.41, 5.74) is -2.08. The molecule has 2 aromatic rings. The first kappa shape index (κ1) is 21.4. The molecule has 1 aliphatic heterocycles. The van der Waals surface area contributed by atoms with E-state index in [-0.39, 0.29) is 11.1 Å². The Labute approximate surface area is 172 Å². The van der Waals surface area contributed by atoms with E-state index in [1.54, 1.807) is 24.3 Å². The summed E-state index contributed by atoms with van der Waals surface area (Å²) in [6.07, 6.45) is -4.45. The van der Waals surface area contributed by atoms with Gasteiger partial charge in [-0.3, -0.25) is 0 Å². The lowest BCUT2D eigenvalue weighted by molar-refractivity contribution is -0.173. The molecule has 0 aliphatic carbocycles. The first-order valence-electron chi connectivity index (χ1n) is 9.07. The molecule has 1 atom stereocenters. The average Bonchev–Trinajstić information content (AvgIpc) is 2.82. The van der Waals surface area contributed by atoms with Crippen molar-refractivity contribution in [2.24, 2.45) is 0 Å². The Kier molecular flexibility index (Phi) is 5.27. The Morgan fingerprint density at radius 2 is 1.18 bits per heavy atom. The number of rotatable bonds is 3. The molecule has 0 radical (unpaired) electrons. The van der Waals surface area contributed by atoms with Gasteiger partial charge in [0.2, 0.25) is 0 Å². The first-order valence-corrected chi connectivity index (χ1v) is 9.86. The lowest BCUT2D eigenvalue weighted by atomic mass is 9.73. The molecule has 0 N–H and O–H groups in total. The van der Waals surface area contributed by atoms with Gasteiger partial charge in [-0.1, -0.05) is 52.3 Å². The van der Waals surface area contributed by atoms with Crippen molar-refractivity contribution in [1.29, 1.82) is 0 Å². The maximum atomic E-state index is 14.1. The molecule has 2 nitrogen and oxygen atoms in total. The number of hydrogen-bond donors (Lipinski definition) is 0.